The van der Waals surface area contributed by atoms with Gasteiger partial charge < -0.3 is 25.2 Å². The number of hydrogen-bond donors (Lipinski definition) is 2. The first kappa shape index (κ1) is 21.8. The van der Waals surface area contributed by atoms with Crippen LogP contribution in [0.4, 0.5) is 10.6 Å². The Morgan fingerprint density at radius 3 is 2.69 bits per heavy atom. The van der Waals surface area contributed by atoms with Crippen LogP contribution in [-0.4, -0.2) is 63.1 Å². The maximum absolute atomic E-state index is 11.5. The van der Waals surface area contributed by atoms with Crippen LogP contribution >= 0.6 is 0 Å². The average Bonchev–Trinajstić information content (AvgIpc) is 3.36. The van der Waals surface area contributed by atoms with Crippen LogP contribution in [0.3, 0.4) is 0 Å². The molecule has 1 aromatic carbocycles. The highest BCUT2D eigenvalue weighted by atomic mass is 16.7. The fourth-order valence-corrected chi connectivity index (χ4v) is 4.23. The minimum atomic E-state index is -0.933. The van der Waals surface area contributed by atoms with Gasteiger partial charge in [0, 0.05) is 31.3 Å². The lowest BCUT2D eigenvalue weighted by Gasteiger charge is -2.25. The Hall–Kier alpha value is -3.40. The van der Waals surface area contributed by atoms with E-state index in [0.29, 0.717) is 36.5 Å². The predicted octanol–water partition coefficient (Wildman–Crippen LogP) is 3.28. The van der Waals surface area contributed by atoms with Crippen molar-refractivity contribution in [3.05, 3.63) is 29.8 Å². The first-order valence-electron chi connectivity index (χ1n) is 10.5. The smallest absolute Gasteiger partial charge is 0.407 e. The van der Waals surface area contributed by atoms with Crippen molar-refractivity contribution in [3.8, 4) is 17.0 Å². The van der Waals surface area contributed by atoms with Gasteiger partial charge in [0.15, 0.2) is 18.1 Å². The molecule has 1 aliphatic heterocycles. The summed E-state index contributed by atoms with van der Waals surface area (Å²) in [5, 5.41) is 22.9. The summed E-state index contributed by atoms with van der Waals surface area (Å²) in [4.78, 5) is 12.9. The van der Waals surface area contributed by atoms with E-state index in [4.69, 9.17) is 15.2 Å². The van der Waals surface area contributed by atoms with Crippen molar-refractivity contribution in [2.24, 2.45) is 0 Å². The summed E-state index contributed by atoms with van der Waals surface area (Å²) < 4.78 is 12.7. The second-order valence-corrected chi connectivity index (χ2v) is 8.92. The minimum absolute atomic E-state index is 0.107. The first-order valence-corrected chi connectivity index (χ1v) is 10.5. The molecule has 3 heterocycles. The van der Waals surface area contributed by atoms with Crippen molar-refractivity contribution in [1.29, 1.82) is 0 Å². The quantitative estimate of drug-likeness (QED) is 0.578. The van der Waals surface area contributed by atoms with Gasteiger partial charge in [0.05, 0.1) is 11.6 Å². The number of fused-ring (bicyclic) bond motifs is 1. The Kier molecular flexibility index (Phi) is 5.64. The molecule has 1 aliphatic rings. The zero-order valence-electron chi connectivity index (χ0n) is 18.7. The molecule has 4 rings (SSSR count). The van der Waals surface area contributed by atoms with E-state index in [0.717, 1.165) is 16.6 Å². The van der Waals surface area contributed by atoms with Crippen LogP contribution in [0.2, 0.25) is 0 Å². The summed E-state index contributed by atoms with van der Waals surface area (Å²) in [5.74, 6) is 0.910. The van der Waals surface area contributed by atoms with E-state index in [2.05, 4.69) is 36.1 Å². The summed E-state index contributed by atoms with van der Waals surface area (Å²) >= 11 is 0. The van der Waals surface area contributed by atoms with Crippen LogP contribution in [0.15, 0.2) is 24.3 Å². The zero-order chi connectivity index (χ0) is 23.0. The molecular weight excluding hydrogens is 412 g/mol. The molecule has 1 atom stereocenters. The van der Waals surface area contributed by atoms with Gasteiger partial charge in [-0.1, -0.05) is 32.9 Å². The number of anilines is 1. The van der Waals surface area contributed by atoms with E-state index in [1.165, 1.54) is 4.90 Å². The van der Waals surface area contributed by atoms with Crippen molar-refractivity contribution in [3.63, 3.8) is 0 Å². The molecule has 10 heteroatoms. The SMILES string of the molecule is COCOc1ccccc1-c1nnc2c(N)nn(C3CCN(C(=O)O)C3)c2c1C(C)(C)C. The molecule has 1 amide bonds. The molecule has 1 unspecified atom stereocenters. The lowest BCUT2D eigenvalue weighted by molar-refractivity contribution is 0.0515. The molecule has 1 fully saturated rings. The molecule has 0 bridgehead atoms. The molecule has 0 spiro atoms. The number of benzene rings is 1. The number of carbonyl (C=O) groups is 1. The van der Waals surface area contributed by atoms with Gasteiger partial charge in [-0.25, -0.2) is 4.79 Å². The molecule has 1 saturated heterocycles. The molecular formula is C22H28N6O4. The second-order valence-electron chi connectivity index (χ2n) is 8.92. The number of nitrogens with two attached hydrogens (primary N) is 1. The van der Waals surface area contributed by atoms with Gasteiger partial charge in [0.1, 0.15) is 11.4 Å². The van der Waals surface area contributed by atoms with Crippen LogP contribution < -0.4 is 10.5 Å². The molecule has 170 valence electrons. The van der Waals surface area contributed by atoms with Gasteiger partial charge in [0.2, 0.25) is 0 Å². The van der Waals surface area contributed by atoms with Gasteiger partial charge in [-0.15, -0.1) is 10.2 Å². The van der Waals surface area contributed by atoms with Crippen molar-refractivity contribution in [2.45, 2.75) is 38.6 Å². The number of hydrogen-bond acceptors (Lipinski definition) is 7. The number of ether oxygens (including phenoxy) is 2. The third kappa shape index (κ3) is 3.81. The number of likely N-dealkylation sites (tertiary alicyclic amines) is 1. The fraction of sp³-hybridized carbons (Fsp3) is 0.455. The molecule has 0 saturated carbocycles. The third-order valence-corrected chi connectivity index (χ3v) is 5.64. The maximum Gasteiger partial charge on any atom is 0.407 e. The third-order valence-electron chi connectivity index (χ3n) is 5.64. The number of carboxylic acid groups (broad SMARTS) is 1. The molecule has 0 aliphatic carbocycles. The number of methoxy groups -OCH3 is 1. The van der Waals surface area contributed by atoms with E-state index in [1.807, 2.05) is 28.9 Å². The highest BCUT2D eigenvalue weighted by Crippen LogP contribution is 2.41. The Morgan fingerprint density at radius 2 is 2.03 bits per heavy atom. The number of nitrogen functional groups attached to an aromatic ring is 1. The molecule has 32 heavy (non-hydrogen) atoms. The van der Waals surface area contributed by atoms with Crippen molar-refractivity contribution in [2.75, 3.05) is 32.7 Å². The van der Waals surface area contributed by atoms with E-state index < -0.39 is 6.09 Å². The van der Waals surface area contributed by atoms with Gasteiger partial charge in [-0.3, -0.25) is 4.68 Å². The van der Waals surface area contributed by atoms with Gasteiger partial charge >= 0.3 is 6.09 Å². The fourth-order valence-electron chi connectivity index (χ4n) is 4.23. The van der Waals surface area contributed by atoms with E-state index >= 15 is 0 Å². The topological polar surface area (TPSA) is 129 Å². The van der Waals surface area contributed by atoms with Crippen LogP contribution in [0, 0.1) is 0 Å². The summed E-state index contributed by atoms with van der Waals surface area (Å²) in [5.41, 5.74) is 9.57. The molecule has 0 radical (unpaired) electrons. The Bertz CT molecular complexity index is 1150. The summed E-state index contributed by atoms with van der Waals surface area (Å²) in [6, 6.07) is 7.46. The first-order chi connectivity index (χ1) is 15.2. The van der Waals surface area contributed by atoms with Crippen molar-refractivity contribution in [1.82, 2.24) is 24.9 Å². The molecule has 3 aromatic rings. The normalized spacial score (nSPS) is 16.6. The molecule has 10 nitrogen and oxygen atoms in total. The van der Waals surface area contributed by atoms with Crippen LogP contribution in [0.5, 0.6) is 5.75 Å². The lowest BCUT2D eigenvalue weighted by Crippen LogP contribution is -2.27. The van der Waals surface area contributed by atoms with Crippen molar-refractivity contribution >= 4 is 22.9 Å². The van der Waals surface area contributed by atoms with E-state index in [-0.39, 0.29) is 24.1 Å². The molecule has 3 N–H and O–H groups in total. The number of aromatic nitrogens is 4. The summed E-state index contributed by atoms with van der Waals surface area (Å²) in [7, 11) is 1.57. The second kappa shape index (κ2) is 8.27. The largest absolute Gasteiger partial charge is 0.467 e. The monoisotopic (exact) mass is 440 g/mol. The Labute approximate surface area is 185 Å². The van der Waals surface area contributed by atoms with Crippen LogP contribution in [-0.2, 0) is 10.2 Å². The number of nitrogens with zero attached hydrogens (tertiary/aromatic N) is 5. The average molecular weight is 441 g/mol. The maximum atomic E-state index is 11.5. The number of amides is 1. The van der Waals surface area contributed by atoms with Gasteiger partial charge in [0.25, 0.3) is 0 Å². The van der Waals surface area contributed by atoms with E-state index in [1.54, 1.807) is 7.11 Å². The lowest BCUT2D eigenvalue weighted by atomic mass is 9.83. The van der Waals surface area contributed by atoms with Gasteiger partial charge in [-0.2, -0.15) is 5.10 Å². The molecule has 2 aromatic heterocycles. The van der Waals surface area contributed by atoms with E-state index in [9.17, 15) is 9.90 Å². The number of rotatable bonds is 5. The predicted molar refractivity (Wildman–Crippen MR) is 120 cm³/mol. The summed E-state index contributed by atoms with van der Waals surface area (Å²) in [6.45, 7) is 7.19. The number of para-hydroxylation sites is 1. The Balaban J connectivity index is 1.95. The highest BCUT2D eigenvalue weighted by molar-refractivity contribution is 5.92. The highest BCUT2D eigenvalue weighted by Gasteiger charge is 2.34. The van der Waals surface area contributed by atoms with Crippen LogP contribution in [0.1, 0.15) is 38.8 Å². The van der Waals surface area contributed by atoms with Crippen molar-refractivity contribution < 1.29 is 19.4 Å². The summed E-state index contributed by atoms with van der Waals surface area (Å²) in [6.07, 6.45) is -0.283. The Morgan fingerprint density at radius 1 is 1.28 bits per heavy atom. The van der Waals surface area contributed by atoms with Gasteiger partial charge in [-0.05, 0) is 24.0 Å². The standard InChI is InChI=1S/C22H28N6O4/c1-22(2,3)16-17(14-7-5-6-8-15(14)32-12-31-4)24-25-18-19(16)28(26-20(18)23)13-9-10-27(11-13)21(29)30/h5-8,13H,9-12H2,1-4H3,(H2,23,26)(H,29,30). The minimum Gasteiger partial charge on any atom is -0.467 e. The zero-order valence-corrected chi connectivity index (χ0v) is 18.7. The van der Waals surface area contributed by atoms with Crippen LogP contribution in [0.25, 0.3) is 22.3 Å².